The Morgan fingerprint density at radius 1 is 1.03 bits per heavy atom. The molecule has 10 heteroatoms. The molecule has 0 spiro atoms. The summed E-state index contributed by atoms with van der Waals surface area (Å²) in [6.45, 7) is -2.95. The molecule has 3 aromatic rings. The molecule has 2 aromatic carbocycles. The van der Waals surface area contributed by atoms with E-state index in [9.17, 15) is 18.4 Å². The molecule has 8 nitrogen and oxygen atoms in total. The summed E-state index contributed by atoms with van der Waals surface area (Å²) in [7, 11) is 1.30. The summed E-state index contributed by atoms with van der Waals surface area (Å²) < 4.78 is 45.8. The standard InChI is InChI=1S/C23H20F2N2O6/c1-30-18-9-5-6-15(21(18)33-23(24)25)10-13-20(28)26-27-22(29)19-12-11-17(32-19)14-31-16-7-3-2-4-8-16/h2-13,23H,14H2,1H3,(H,26,28)(H,27,29)/b13-10+. The average Bonchev–Trinajstić information content (AvgIpc) is 3.30. The number of benzene rings is 2. The second-order valence-electron chi connectivity index (χ2n) is 6.40. The molecule has 0 radical (unpaired) electrons. The van der Waals surface area contributed by atoms with E-state index in [2.05, 4.69) is 15.6 Å². The van der Waals surface area contributed by atoms with Gasteiger partial charge in [-0.05, 0) is 36.4 Å². The number of halogens is 2. The average molecular weight is 458 g/mol. The number of rotatable bonds is 9. The monoisotopic (exact) mass is 458 g/mol. The lowest BCUT2D eigenvalue weighted by atomic mass is 10.1. The lowest BCUT2D eigenvalue weighted by Gasteiger charge is -2.12. The fourth-order valence-corrected chi connectivity index (χ4v) is 2.68. The van der Waals surface area contributed by atoms with Crippen LogP contribution in [0.5, 0.6) is 17.2 Å². The second-order valence-corrected chi connectivity index (χ2v) is 6.40. The van der Waals surface area contributed by atoms with E-state index in [4.69, 9.17) is 13.9 Å². The predicted octanol–water partition coefficient (Wildman–Crippen LogP) is 3.94. The zero-order valence-electron chi connectivity index (χ0n) is 17.4. The Morgan fingerprint density at radius 2 is 1.82 bits per heavy atom. The zero-order valence-corrected chi connectivity index (χ0v) is 17.4. The van der Waals surface area contributed by atoms with Gasteiger partial charge in [-0.15, -0.1) is 0 Å². The minimum absolute atomic E-state index is 0.0358. The quantitative estimate of drug-likeness (QED) is 0.372. The fourth-order valence-electron chi connectivity index (χ4n) is 2.68. The van der Waals surface area contributed by atoms with Crippen molar-refractivity contribution < 1.29 is 37.0 Å². The normalized spacial score (nSPS) is 10.8. The van der Waals surface area contributed by atoms with Gasteiger partial charge in [-0.2, -0.15) is 8.78 Å². The lowest BCUT2D eigenvalue weighted by Crippen LogP contribution is -2.40. The topological polar surface area (TPSA) is 99.0 Å². The smallest absolute Gasteiger partial charge is 0.387 e. The zero-order chi connectivity index (χ0) is 23.6. The molecule has 0 saturated carbocycles. The van der Waals surface area contributed by atoms with Crippen LogP contribution in [0.4, 0.5) is 8.78 Å². The van der Waals surface area contributed by atoms with Gasteiger partial charge in [0.1, 0.15) is 18.1 Å². The van der Waals surface area contributed by atoms with Crippen molar-refractivity contribution in [3.05, 3.63) is 83.8 Å². The van der Waals surface area contributed by atoms with E-state index in [0.717, 1.165) is 6.08 Å². The van der Waals surface area contributed by atoms with Crippen molar-refractivity contribution in [2.75, 3.05) is 7.11 Å². The Kier molecular flexibility index (Phi) is 8.01. The molecule has 0 aliphatic rings. The van der Waals surface area contributed by atoms with E-state index in [1.165, 1.54) is 31.4 Å². The molecule has 0 aliphatic carbocycles. The number of furan rings is 1. The third kappa shape index (κ3) is 6.82. The number of carbonyl (C=O) groups excluding carboxylic acids is 2. The third-order valence-electron chi connectivity index (χ3n) is 4.16. The van der Waals surface area contributed by atoms with Gasteiger partial charge in [-0.1, -0.05) is 30.3 Å². The predicted molar refractivity (Wildman–Crippen MR) is 114 cm³/mol. The van der Waals surface area contributed by atoms with Crippen LogP contribution in [0, 0.1) is 0 Å². The molecule has 1 heterocycles. The SMILES string of the molecule is COc1cccc(/C=C/C(=O)NNC(=O)c2ccc(COc3ccccc3)o2)c1OC(F)F. The number of hydrogen-bond acceptors (Lipinski definition) is 6. The van der Waals surface area contributed by atoms with Crippen molar-refractivity contribution in [3.8, 4) is 17.2 Å². The Labute approximate surface area is 187 Å². The molecule has 0 saturated heterocycles. The van der Waals surface area contributed by atoms with Crippen molar-refractivity contribution in [3.63, 3.8) is 0 Å². The summed E-state index contributed by atoms with van der Waals surface area (Å²) in [6, 6.07) is 16.6. The van der Waals surface area contributed by atoms with Crippen molar-refractivity contribution >= 4 is 17.9 Å². The van der Waals surface area contributed by atoms with Crippen LogP contribution in [0.15, 0.2) is 71.2 Å². The highest BCUT2D eigenvalue weighted by Gasteiger charge is 2.15. The van der Waals surface area contributed by atoms with E-state index in [0.29, 0.717) is 11.5 Å². The molecule has 0 fully saturated rings. The molecule has 2 N–H and O–H groups in total. The van der Waals surface area contributed by atoms with Gasteiger partial charge in [-0.25, -0.2) is 0 Å². The van der Waals surface area contributed by atoms with Crippen LogP contribution in [0.25, 0.3) is 6.08 Å². The van der Waals surface area contributed by atoms with Gasteiger partial charge in [0.15, 0.2) is 17.3 Å². The Balaban J connectivity index is 1.53. The molecule has 3 rings (SSSR count). The highest BCUT2D eigenvalue weighted by molar-refractivity contribution is 5.96. The van der Waals surface area contributed by atoms with Crippen molar-refractivity contribution in [2.24, 2.45) is 0 Å². The molecule has 0 aliphatic heterocycles. The molecule has 1 aromatic heterocycles. The fraction of sp³-hybridized carbons (Fsp3) is 0.130. The lowest BCUT2D eigenvalue weighted by molar-refractivity contribution is -0.117. The minimum atomic E-state index is -3.07. The Hall–Kier alpha value is -4.34. The number of nitrogens with one attached hydrogen (secondary N) is 2. The summed E-state index contributed by atoms with van der Waals surface area (Å²) in [4.78, 5) is 24.2. The molecule has 172 valence electrons. The van der Waals surface area contributed by atoms with Crippen molar-refractivity contribution in [1.29, 1.82) is 0 Å². The summed E-state index contributed by atoms with van der Waals surface area (Å²) in [6.07, 6.45) is 2.28. The number of para-hydroxylation sites is 2. The maximum atomic E-state index is 12.7. The van der Waals surface area contributed by atoms with E-state index in [1.807, 2.05) is 18.2 Å². The number of hydrazine groups is 1. The third-order valence-corrected chi connectivity index (χ3v) is 4.16. The van der Waals surface area contributed by atoms with Gasteiger partial charge in [0.2, 0.25) is 0 Å². The van der Waals surface area contributed by atoms with Crippen LogP contribution in [-0.2, 0) is 11.4 Å². The van der Waals surface area contributed by atoms with Crippen LogP contribution in [-0.4, -0.2) is 25.5 Å². The van der Waals surface area contributed by atoms with Gasteiger partial charge in [0.05, 0.1) is 7.11 Å². The van der Waals surface area contributed by atoms with E-state index >= 15 is 0 Å². The molecule has 0 atom stereocenters. The summed E-state index contributed by atoms with van der Waals surface area (Å²) >= 11 is 0. The highest BCUT2D eigenvalue weighted by Crippen LogP contribution is 2.33. The van der Waals surface area contributed by atoms with Crippen LogP contribution in [0.3, 0.4) is 0 Å². The minimum Gasteiger partial charge on any atom is -0.493 e. The second kappa shape index (κ2) is 11.3. The summed E-state index contributed by atoms with van der Waals surface area (Å²) in [5.41, 5.74) is 4.55. The van der Waals surface area contributed by atoms with Crippen LogP contribution < -0.4 is 25.1 Å². The number of methoxy groups -OCH3 is 1. The number of ether oxygens (including phenoxy) is 3. The van der Waals surface area contributed by atoms with Gasteiger partial charge in [-0.3, -0.25) is 20.4 Å². The number of alkyl halides is 2. The number of hydrogen-bond donors (Lipinski definition) is 2. The highest BCUT2D eigenvalue weighted by atomic mass is 19.3. The number of amides is 2. The first kappa shape index (κ1) is 23.3. The summed E-state index contributed by atoms with van der Waals surface area (Å²) in [5.74, 6) is -0.512. The molecule has 2 amide bonds. The Bertz CT molecular complexity index is 1120. The first-order chi connectivity index (χ1) is 16.0. The largest absolute Gasteiger partial charge is 0.493 e. The maximum absolute atomic E-state index is 12.7. The molecular weight excluding hydrogens is 438 g/mol. The summed E-state index contributed by atoms with van der Waals surface area (Å²) in [5, 5.41) is 0. The van der Waals surface area contributed by atoms with Crippen LogP contribution in [0.2, 0.25) is 0 Å². The molecule has 0 unspecified atom stereocenters. The van der Waals surface area contributed by atoms with Crippen LogP contribution >= 0.6 is 0 Å². The van der Waals surface area contributed by atoms with Gasteiger partial charge < -0.3 is 18.6 Å². The Morgan fingerprint density at radius 3 is 2.55 bits per heavy atom. The maximum Gasteiger partial charge on any atom is 0.387 e. The van der Waals surface area contributed by atoms with E-state index in [1.54, 1.807) is 24.3 Å². The van der Waals surface area contributed by atoms with Gasteiger partial charge in [0, 0.05) is 11.6 Å². The van der Waals surface area contributed by atoms with Gasteiger partial charge in [0.25, 0.3) is 5.91 Å². The molecular formula is C23H20F2N2O6. The van der Waals surface area contributed by atoms with Crippen LogP contribution in [0.1, 0.15) is 21.9 Å². The van der Waals surface area contributed by atoms with E-state index in [-0.39, 0.29) is 29.4 Å². The first-order valence-corrected chi connectivity index (χ1v) is 9.63. The van der Waals surface area contributed by atoms with E-state index < -0.39 is 18.4 Å². The first-order valence-electron chi connectivity index (χ1n) is 9.63. The van der Waals surface area contributed by atoms with Crippen molar-refractivity contribution in [1.82, 2.24) is 10.9 Å². The molecule has 0 bridgehead atoms. The molecule has 33 heavy (non-hydrogen) atoms. The van der Waals surface area contributed by atoms with Gasteiger partial charge >= 0.3 is 12.5 Å². The number of carbonyl (C=O) groups is 2. The van der Waals surface area contributed by atoms with Crippen molar-refractivity contribution in [2.45, 2.75) is 13.2 Å².